The van der Waals surface area contributed by atoms with Crippen LogP contribution in [0.4, 0.5) is 5.69 Å². The Labute approximate surface area is 140 Å². The number of thioether (sulfide) groups is 1. The minimum absolute atomic E-state index is 0.0387. The maximum atomic E-state index is 12.5. The van der Waals surface area contributed by atoms with Gasteiger partial charge >= 0.3 is 0 Å². The van der Waals surface area contributed by atoms with E-state index in [1.807, 2.05) is 59.7 Å². The highest BCUT2D eigenvalue weighted by Crippen LogP contribution is 2.44. The molecular weight excluding hydrogens is 310 g/mol. The van der Waals surface area contributed by atoms with E-state index >= 15 is 0 Å². The standard InChI is InChI=1S/C18H19NO3S/c1-21-14-8-4-12(5-9-14)16-17(23-3)18(20)19(16)13-6-10-15(22-2)11-7-13/h4-11,16-17H,1-3H3/t16-,17-/m1/s1. The summed E-state index contributed by atoms with van der Waals surface area (Å²) in [5.74, 6) is 1.74. The second-order valence-corrected chi connectivity index (χ2v) is 6.26. The van der Waals surface area contributed by atoms with E-state index in [1.165, 1.54) is 0 Å². The maximum absolute atomic E-state index is 12.5. The largest absolute Gasteiger partial charge is 0.497 e. The Kier molecular flexibility index (Phi) is 4.48. The lowest BCUT2D eigenvalue weighted by Crippen LogP contribution is -2.57. The van der Waals surface area contributed by atoms with Crippen LogP contribution in [-0.2, 0) is 4.79 Å². The van der Waals surface area contributed by atoms with Crippen molar-refractivity contribution in [3.05, 3.63) is 54.1 Å². The molecule has 23 heavy (non-hydrogen) atoms. The molecule has 0 unspecified atom stereocenters. The van der Waals surface area contributed by atoms with Crippen molar-refractivity contribution >= 4 is 23.4 Å². The molecule has 1 aliphatic heterocycles. The van der Waals surface area contributed by atoms with E-state index in [0.29, 0.717) is 0 Å². The summed E-state index contributed by atoms with van der Waals surface area (Å²) < 4.78 is 10.4. The Balaban J connectivity index is 1.92. The van der Waals surface area contributed by atoms with Gasteiger partial charge in [0.15, 0.2) is 0 Å². The quantitative estimate of drug-likeness (QED) is 0.787. The Hall–Kier alpha value is -2.14. The maximum Gasteiger partial charge on any atom is 0.243 e. The number of carbonyl (C=O) groups is 1. The molecule has 0 bridgehead atoms. The molecule has 2 aromatic carbocycles. The third-order valence-corrected chi connectivity index (χ3v) is 5.07. The van der Waals surface area contributed by atoms with Gasteiger partial charge in [0.2, 0.25) is 5.91 Å². The van der Waals surface area contributed by atoms with Gasteiger partial charge in [-0.3, -0.25) is 4.79 Å². The van der Waals surface area contributed by atoms with Crippen LogP contribution >= 0.6 is 11.8 Å². The molecule has 0 saturated carbocycles. The number of methoxy groups -OCH3 is 2. The van der Waals surface area contributed by atoms with Gasteiger partial charge in [-0.1, -0.05) is 12.1 Å². The molecule has 5 heteroatoms. The molecule has 1 fully saturated rings. The highest BCUT2D eigenvalue weighted by Gasteiger charge is 2.48. The Bertz CT molecular complexity index is 684. The van der Waals surface area contributed by atoms with Crippen molar-refractivity contribution in [2.24, 2.45) is 0 Å². The summed E-state index contributed by atoms with van der Waals surface area (Å²) in [6, 6.07) is 15.5. The van der Waals surface area contributed by atoms with E-state index in [4.69, 9.17) is 9.47 Å². The van der Waals surface area contributed by atoms with Crippen LogP contribution in [-0.4, -0.2) is 31.6 Å². The van der Waals surface area contributed by atoms with Gasteiger partial charge in [-0.05, 0) is 48.2 Å². The van der Waals surface area contributed by atoms with Gasteiger partial charge in [-0.15, -0.1) is 11.8 Å². The van der Waals surface area contributed by atoms with Crippen LogP contribution in [0.25, 0.3) is 0 Å². The van der Waals surface area contributed by atoms with Gasteiger partial charge in [0, 0.05) is 5.69 Å². The first-order chi connectivity index (χ1) is 11.2. The molecule has 3 rings (SSSR count). The highest BCUT2D eigenvalue weighted by molar-refractivity contribution is 8.00. The molecule has 0 aromatic heterocycles. The summed E-state index contributed by atoms with van der Waals surface area (Å²) in [5, 5.41) is -0.0505. The zero-order chi connectivity index (χ0) is 16.4. The SMILES string of the molecule is COc1ccc([C@@H]2[C@@H](SC)C(=O)N2c2ccc(OC)cc2)cc1. The average molecular weight is 329 g/mol. The van der Waals surface area contributed by atoms with Crippen molar-refractivity contribution < 1.29 is 14.3 Å². The number of ether oxygens (including phenoxy) is 2. The minimum Gasteiger partial charge on any atom is -0.497 e. The normalized spacial score (nSPS) is 20.1. The molecule has 0 N–H and O–H groups in total. The second-order valence-electron chi connectivity index (χ2n) is 5.28. The van der Waals surface area contributed by atoms with Gasteiger partial charge in [0.1, 0.15) is 16.7 Å². The van der Waals surface area contributed by atoms with E-state index in [0.717, 1.165) is 22.7 Å². The lowest BCUT2D eigenvalue weighted by Gasteiger charge is -2.46. The molecule has 120 valence electrons. The van der Waals surface area contributed by atoms with Crippen molar-refractivity contribution in [2.45, 2.75) is 11.3 Å². The monoisotopic (exact) mass is 329 g/mol. The van der Waals surface area contributed by atoms with Crippen LogP contribution in [0.15, 0.2) is 48.5 Å². The third kappa shape index (κ3) is 2.77. The molecular formula is C18H19NO3S. The first-order valence-electron chi connectivity index (χ1n) is 7.33. The molecule has 0 radical (unpaired) electrons. The van der Waals surface area contributed by atoms with Crippen molar-refractivity contribution in [1.29, 1.82) is 0 Å². The van der Waals surface area contributed by atoms with Gasteiger partial charge in [-0.2, -0.15) is 0 Å². The van der Waals surface area contributed by atoms with Crippen LogP contribution < -0.4 is 14.4 Å². The predicted octanol–water partition coefficient (Wildman–Crippen LogP) is 3.52. The Morgan fingerprint density at radius 1 is 0.913 bits per heavy atom. The number of β-lactam (4-membered cyclic amide) rings is 1. The number of hydrogen-bond acceptors (Lipinski definition) is 4. The zero-order valence-corrected chi connectivity index (χ0v) is 14.2. The zero-order valence-electron chi connectivity index (χ0n) is 13.4. The molecule has 1 saturated heterocycles. The number of benzene rings is 2. The van der Waals surface area contributed by atoms with E-state index in [1.54, 1.807) is 26.0 Å². The topological polar surface area (TPSA) is 38.8 Å². The first kappa shape index (κ1) is 15.7. The van der Waals surface area contributed by atoms with Gasteiger partial charge in [-0.25, -0.2) is 0 Å². The van der Waals surface area contributed by atoms with Crippen LogP contribution in [0.2, 0.25) is 0 Å². The van der Waals surface area contributed by atoms with E-state index in [2.05, 4.69) is 0 Å². The molecule has 0 aliphatic carbocycles. The average Bonchev–Trinajstić information content (AvgIpc) is 2.61. The molecule has 1 heterocycles. The van der Waals surface area contributed by atoms with E-state index in [9.17, 15) is 4.79 Å². The fourth-order valence-corrected chi connectivity index (χ4v) is 3.70. The summed E-state index contributed by atoms with van der Waals surface area (Å²) in [7, 11) is 3.28. The number of nitrogens with zero attached hydrogens (tertiary/aromatic N) is 1. The summed E-state index contributed by atoms with van der Waals surface area (Å²) in [4.78, 5) is 14.4. The fraction of sp³-hybridized carbons (Fsp3) is 0.278. The van der Waals surface area contributed by atoms with E-state index in [-0.39, 0.29) is 17.2 Å². The van der Waals surface area contributed by atoms with Crippen molar-refractivity contribution in [3.63, 3.8) is 0 Å². The summed E-state index contributed by atoms with van der Waals surface area (Å²) in [6.07, 6.45) is 1.98. The van der Waals surface area contributed by atoms with Crippen LogP contribution in [0.3, 0.4) is 0 Å². The first-order valence-corrected chi connectivity index (χ1v) is 8.62. The summed E-state index contributed by atoms with van der Waals surface area (Å²) in [5.41, 5.74) is 2.00. The van der Waals surface area contributed by atoms with Crippen molar-refractivity contribution in [3.8, 4) is 11.5 Å². The number of anilines is 1. The number of rotatable bonds is 5. The number of amides is 1. The lowest BCUT2D eigenvalue weighted by atomic mass is 9.92. The van der Waals surface area contributed by atoms with Crippen molar-refractivity contribution in [2.75, 3.05) is 25.4 Å². The third-order valence-electron chi connectivity index (χ3n) is 4.11. The van der Waals surface area contributed by atoms with Crippen LogP contribution in [0.1, 0.15) is 11.6 Å². The second kappa shape index (κ2) is 6.54. The Morgan fingerprint density at radius 2 is 1.43 bits per heavy atom. The molecule has 1 aliphatic rings. The molecule has 0 spiro atoms. The molecule has 2 aromatic rings. The van der Waals surface area contributed by atoms with Crippen LogP contribution in [0.5, 0.6) is 11.5 Å². The van der Waals surface area contributed by atoms with Gasteiger partial charge in [0.05, 0.1) is 20.3 Å². The predicted molar refractivity (Wildman–Crippen MR) is 93.5 cm³/mol. The van der Waals surface area contributed by atoms with Crippen LogP contribution in [0, 0.1) is 0 Å². The smallest absolute Gasteiger partial charge is 0.243 e. The highest BCUT2D eigenvalue weighted by atomic mass is 32.2. The van der Waals surface area contributed by atoms with Gasteiger partial charge in [0.25, 0.3) is 0 Å². The minimum atomic E-state index is -0.0505. The lowest BCUT2D eigenvalue weighted by molar-refractivity contribution is -0.123. The summed E-state index contributed by atoms with van der Waals surface area (Å²) >= 11 is 1.59. The fourth-order valence-electron chi connectivity index (χ4n) is 2.85. The Morgan fingerprint density at radius 3 is 1.91 bits per heavy atom. The van der Waals surface area contributed by atoms with E-state index < -0.39 is 0 Å². The molecule has 2 atom stereocenters. The number of hydrogen-bond donors (Lipinski definition) is 0. The molecule has 4 nitrogen and oxygen atoms in total. The molecule has 1 amide bonds. The summed E-state index contributed by atoms with van der Waals surface area (Å²) in [6.45, 7) is 0. The van der Waals surface area contributed by atoms with Gasteiger partial charge < -0.3 is 14.4 Å². The van der Waals surface area contributed by atoms with Crippen molar-refractivity contribution in [1.82, 2.24) is 0 Å². The number of carbonyl (C=O) groups excluding carboxylic acids is 1.